The lowest BCUT2D eigenvalue weighted by Gasteiger charge is -2.17. The average molecular weight is 483 g/mol. The number of rotatable bonds is 6. The molecule has 6 rings (SSSR count). The molecule has 3 aliphatic rings. The molecule has 0 radical (unpaired) electrons. The van der Waals surface area contributed by atoms with Crippen LogP contribution in [0.1, 0.15) is 41.9 Å². The van der Waals surface area contributed by atoms with Crippen molar-refractivity contribution < 1.29 is 18.4 Å². The lowest BCUT2D eigenvalue weighted by Crippen LogP contribution is -2.33. The number of pyridine rings is 1. The summed E-state index contributed by atoms with van der Waals surface area (Å²) < 4.78 is 28.8. The molecular weight excluding hydrogens is 460 g/mol. The minimum absolute atomic E-state index is 0.0141. The number of fused-ring (bicyclic) bond motifs is 1. The maximum absolute atomic E-state index is 13.6. The Balaban J connectivity index is 1.34. The number of nitrogens with one attached hydrogen (secondary N) is 2. The zero-order chi connectivity index (χ0) is 24.6. The third-order valence-electron chi connectivity index (χ3n) is 7.43. The summed E-state index contributed by atoms with van der Waals surface area (Å²) >= 11 is 0. The minimum atomic E-state index is -2.71. The van der Waals surface area contributed by atoms with Crippen LogP contribution in [0.15, 0.2) is 24.4 Å². The molecule has 35 heavy (non-hydrogen) atoms. The van der Waals surface area contributed by atoms with E-state index in [0.717, 1.165) is 12.8 Å². The van der Waals surface area contributed by atoms with E-state index in [9.17, 15) is 18.4 Å². The summed E-state index contributed by atoms with van der Waals surface area (Å²) in [6.45, 7) is -0.0925. The molecule has 182 valence electrons. The van der Waals surface area contributed by atoms with Crippen molar-refractivity contribution in [2.75, 3.05) is 30.4 Å². The van der Waals surface area contributed by atoms with Gasteiger partial charge in [-0.15, -0.1) is 10.2 Å². The predicted octanol–water partition coefficient (Wildman–Crippen LogP) is 1.37. The Morgan fingerprint density at radius 1 is 1.17 bits per heavy atom. The van der Waals surface area contributed by atoms with Crippen molar-refractivity contribution >= 4 is 34.8 Å². The van der Waals surface area contributed by atoms with Crippen LogP contribution in [-0.4, -0.2) is 62.7 Å². The number of nitrogens with two attached hydrogens (primary N) is 1. The second kappa shape index (κ2) is 7.06. The van der Waals surface area contributed by atoms with Gasteiger partial charge in [0.05, 0.1) is 35.2 Å². The van der Waals surface area contributed by atoms with Crippen LogP contribution in [0.2, 0.25) is 0 Å². The van der Waals surface area contributed by atoms with Crippen LogP contribution in [0.4, 0.5) is 26.1 Å². The number of primary amides is 1. The third-order valence-corrected chi connectivity index (χ3v) is 7.43. The van der Waals surface area contributed by atoms with E-state index in [-0.39, 0.29) is 42.3 Å². The Kier molecular flexibility index (Phi) is 4.36. The molecule has 1 aliphatic heterocycles. The number of halogens is 2. The monoisotopic (exact) mass is 483 g/mol. The van der Waals surface area contributed by atoms with Crippen LogP contribution in [0.5, 0.6) is 0 Å². The normalized spacial score (nSPS) is 23.5. The number of hydrogen-bond acceptors (Lipinski definition) is 8. The molecule has 0 unspecified atom stereocenters. The Labute approximate surface area is 198 Å². The lowest BCUT2D eigenvalue weighted by atomic mass is 9.96. The van der Waals surface area contributed by atoms with Crippen molar-refractivity contribution in [1.29, 1.82) is 0 Å². The number of nitrogens with zero attached hydrogens (tertiary/aromatic N) is 6. The van der Waals surface area contributed by atoms with Gasteiger partial charge in [-0.2, -0.15) is 10.1 Å². The molecule has 1 spiro atoms. The van der Waals surface area contributed by atoms with Gasteiger partial charge < -0.3 is 21.3 Å². The van der Waals surface area contributed by atoms with E-state index in [1.54, 1.807) is 29.3 Å². The molecule has 1 atom stereocenters. The van der Waals surface area contributed by atoms with Crippen LogP contribution in [0, 0.1) is 5.41 Å². The predicted molar refractivity (Wildman–Crippen MR) is 121 cm³/mol. The quantitative estimate of drug-likeness (QED) is 0.477. The maximum Gasteiger partial charge on any atom is 0.273 e. The maximum atomic E-state index is 13.6. The van der Waals surface area contributed by atoms with E-state index in [2.05, 4.69) is 30.9 Å². The Morgan fingerprint density at radius 2 is 1.97 bits per heavy atom. The number of aromatic nitrogens is 5. The highest BCUT2D eigenvalue weighted by molar-refractivity contribution is 5.98. The first-order valence-corrected chi connectivity index (χ1v) is 11.3. The van der Waals surface area contributed by atoms with Gasteiger partial charge in [0, 0.05) is 20.0 Å². The fourth-order valence-corrected chi connectivity index (χ4v) is 5.23. The number of hydrogen-bond donors (Lipinski definition) is 3. The van der Waals surface area contributed by atoms with Crippen LogP contribution in [0.3, 0.4) is 0 Å². The topological polar surface area (TPSA) is 143 Å². The first kappa shape index (κ1) is 21.6. The van der Waals surface area contributed by atoms with Gasteiger partial charge in [0.25, 0.3) is 11.8 Å². The standard InChI is InChI=1S/C22H23F2N9O2/c1-26-17(34)16-13(8-14(29-30-16)22(18(25)35)10-20(22)4-5-20)27-19-28-15-3-2-12(9-33(15)31-19)32-7-6-21(23,24)11-32/h2-3,8-9H,4-7,10-11H2,1H3,(H2,25,35)(H,26,34)(H,27,29,31)/t22-/m0/s1. The van der Waals surface area contributed by atoms with Gasteiger partial charge in [0.1, 0.15) is 0 Å². The van der Waals surface area contributed by atoms with E-state index in [1.165, 1.54) is 11.6 Å². The van der Waals surface area contributed by atoms with E-state index in [4.69, 9.17) is 5.73 Å². The molecule has 4 N–H and O–H groups in total. The van der Waals surface area contributed by atoms with Crippen molar-refractivity contribution in [1.82, 2.24) is 30.1 Å². The Morgan fingerprint density at radius 3 is 2.60 bits per heavy atom. The second-order valence-corrected chi connectivity index (χ2v) is 9.58. The SMILES string of the molecule is CNC(=O)c1nnc([C@]2(C(N)=O)CC23CC3)cc1Nc1nc2ccc(N3CCC(F)(F)C3)cn2n1. The Hall–Kier alpha value is -3.90. The molecule has 4 heterocycles. The first-order chi connectivity index (χ1) is 16.7. The van der Waals surface area contributed by atoms with Crippen LogP contribution in [0.25, 0.3) is 5.65 Å². The molecule has 3 aromatic rings. The number of carbonyl (C=O) groups is 2. The number of amides is 2. The van der Waals surface area contributed by atoms with Crippen LogP contribution >= 0.6 is 0 Å². The summed E-state index contributed by atoms with van der Waals surface area (Å²) in [7, 11) is 1.47. The van der Waals surface area contributed by atoms with Crippen molar-refractivity contribution in [3.63, 3.8) is 0 Å². The Bertz CT molecular complexity index is 1390. The van der Waals surface area contributed by atoms with Gasteiger partial charge in [-0.05, 0) is 42.9 Å². The summed E-state index contributed by atoms with van der Waals surface area (Å²) in [6.07, 6.45) is 3.86. The van der Waals surface area contributed by atoms with Gasteiger partial charge in [0.2, 0.25) is 11.9 Å². The van der Waals surface area contributed by atoms with Gasteiger partial charge in [-0.3, -0.25) is 9.59 Å². The fraction of sp³-hybridized carbons (Fsp3) is 0.455. The van der Waals surface area contributed by atoms with Gasteiger partial charge in [-0.1, -0.05) is 0 Å². The molecule has 0 aromatic carbocycles. The fourth-order valence-electron chi connectivity index (χ4n) is 5.23. The van der Waals surface area contributed by atoms with Crippen molar-refractivity contribution in [2.24, 2.45) is 11.1 Å². The summed E-state index contributed by atoms with van der Waals surface area (Å²) in [6, 6.07) is 5.01. The van der Waals surface area contributed by atoms with E-state index < -0.39 is 23.2 Å². The highest BCUT2D eigenvalue weighted by atomic mass is 19.3. The van der Waals surface area contributed by atoms with Crippen LogP contribution < -0.4 is 21.3 Å². The molecule has 2 aliphatic carbocycles. The number of anilines is 3. The van der Waals surface area contributed by atoms with Gasteiger partial charge >= 0.3 is 0 Å². The molecule has 3 fully saturated rings. The average Bonchev–Trinajstić information content (AvgIpc) is 3.65. The molecule has 2 saturated carbocycles. The minimum Gasteiger partial charge on any atom is -0.369 e. The van der Waals surface area contributed by atoms with E-state index in [1.807, 2.05) is 0 Å². The molecule has 0 bridgehead atoms. The summed E-state index contributed by atoms with van der Waals surface area (Å²) in [4.78, 5) is 30.8. The smallest absolute Gasteiger partial charge is 0.273 e. The molecule has 2 amide bonds. The van der Waals surface area contributed by atoms with Crippen molar-refractivity contribution in [3.8, 4) is 0 Å². The lowest BCUT2D eigenvalue weighted by molar-refractivity contribution is -0.121. The highest BCUT2D eigenvalue weighted by Gasteiger charge is 2.78. The highest BCUT2D eigenvalue weighted by Crippen LogP contribution is 2.78. The number of alkyl halides is 2. The first-order valence-electron chi connectivity index (χ1n) is 11.3. The molecule has 11 nitrogen and oxygen atoms in total. The second-order valence-electron chi connectivity index (χ2n) is 9.58. The molecular formula is C22H23F2N9O2. The summed E-state index contributed by atoms with van der Waals surface area (Å²) in [5.41, 5.74) is 6.54. The zero-order valence-corrected chi connectivity index (χ0v) is 18.9. The van der Waals surface area contributed by atoms with Crippen molar-refractivity contribution in [3.05, 3.63) is 35.8 Å². The molecule has 1 saturated heterocycles. The summed E-state index contributed by atoms with van der Waals surface area (Å²) in [5.74, 6) is -3.47. The van der Waals surface area contributed by atoms with E-state index >= 15 is 0 Å². The summed E-state index contributed by atoms with van der Waals surface area (Å²) in [5, 5.41) is 18.2. The van der Waals surface area contributed by atoms with Gasteiger partial charge in [-0.25, -0.2) is 13.3 Å². The zero-order valence-electron chi connectivity index (χ0n) is 18.9. The molecule has 13 heteroatoms. The van der Waals surface area contributed by atoms with Crippen molar-refractivity contribution in [2.45, 2.75) is 37.0 Å². The largest absolute Gasteiger partial charge is 0.369 e. The van der Waals surface area contributed by atoms with Crippen LogP contribution in [-0.2, 0) is 10.2 Å². The number of carbonyl (C=O) groups excluding carboxylic acids is 2. The van der Waals surface area contributed by atoms with Gasteiger partial charge in [0.15, 0.2) is 11.3 Å². The third kappa shape index (κ3) is 3.28. The van der Waals surface area contributed by atoms with E-state index in [0.29, 0.717) is 23.4 Å². The molecule has 3 aromatic heterocycles.